The van der Waals surface area contributed by atoms with Crippen molar-refractivity contribution >= 4 is 12.2 Å². The molecule has 1 saturated heterocycles. The standard InChI is InChI=1S/C14H18N4OS/c1-12-9-16(7-8-19-12)11-18-14(20)17(10-15-18)13-5-3-2-4-6-13/h2-6,10,12H,7-9,11H2,1H3/t12-/m1/s1. The summed E-state index contributed by atoms with van der Waals surface area (Å²) in [6.45, 7) is 5.42. The molecule has 1 fully saturated rings. The minimum atomic E-state index is 0.272. The first-order valence-electron chi connectivity index (χ1n) is 6.78. The van der Waals surface area contributed by atoms with Crippen molar-refractivity contribution in [2.24, 2.45) is 0 Å². The van der Waals surface area contributed by atoms with Crippen LogP contribution in [-0.2, 0) is 11.4 Å². The highest BCUT2D eigenvalue weighted by molar-refractivity contribution is 7.71. The van der Waals surface area contributed by atoms with E-state index >= 15 is 0 Å². The lowest BCUT2D eigenvalue weighted by Crippen LogP contribution is -2.42. The van der Waals surface area contributed by atoms with Gasteiger partial charge >= 0.3 is 0 Å². The van der Waals surface area contributed by atoms with Crippen molar-refractivity contribution in [1.82, 2.24) is 19.2 Å². The van der Waals surface area contributed by atoms with Crippen LogP contribution in [0.15, 0.2) is 36.7 Å². The summed E-state index contributed by atoms with van der Waals surface area (Å²) in [4.78, 5) is 2.31. The molecule has 2 heterocycles. The van der Waals surface area contributed by atoms with Crippen molar-refractivity contribution in [3.63, 3.8) is 0 Å². The molecule has 5 nitrogen and oxygen atoms in total. The molecule has 0 unspecified atom stereocenters. The van der Waals surface area contributed by atoms with Gasteiger partial charge in [-0.15, -0.1) is 0 Å². The molecule has 106 valence electrons. The van der Waals surface area contributed by atoms with Gasteiger partial charge in [-0.1, -0.05) is 18.2 Å². The summed E-state index contributed by atoms with van der Waals surface area (Å²) < 4.78 is 10.1. The van der Waals surface area contributed by atoms with Crippen LogP contribution in [0.1, 0.15) is 6.92 Å². The molecule has 2 aromatic rings. The molecule has 0 spiro atoms. The minimum Gasteiger partial charge on any atom is -0.376 e. The fourth-order valence-corrected chi connectivity index (χ4v) is 2.67. The first-order chi connectivity index (χ1) is 9.74. The van der Waals surface area contributed by atoms with Crippen LogP contribution >= 0.6 is 12.2 Å². The Bertz CT molecular complexity index is 622. The molecule has 3 rings (SSSR count). The highest BCUT2D eigenvalue weighted by atomic mass is 32.1. The van der Waals surface area contributed by atoms with E-state index in [4.69, 9.17) is 17.0 Å². The van der Waals surface area contributed by atoms with Crippen molar-refractivity contribution in [1.29, 1.82) is 0 Å². The maximum absolute atomic E-state index is 5.55. The van der Waals surface area contributed by atoms with Crippen LogP contribution in [0.3, 0.4) is 0 Å². The summed E-state index contributed by atoms with van der Waals surface area (Å²) in [7, 11) is 0. The molecule has 20 heavy (non-hydrogen) atoms. The van der Waals surface area contributed by atoms with Crippen LogP contribution in [0, 0.1) is 4.77 Å². The molecule has 0 N–H and O–H groups in total. The van der Waals surface area contributed by atoms with Crippen LogP contribution in [0.2, 0.25) is 0 Å². The van der Waals surface area contributed by atoms with Crippen LogP contribution in [-0.4, -0.2) is 45.0 Å². The molecular weight excluding hydrogens is 272 g/mol. The highest BCUT2D eigenvalue weighted by Gasteiger charge is 2.17. The molecule has 0 radical (unpaired) electrons. The van der Waals surface area contributed by atoms with Crippen molar-refractivity contribution in [3.8, 4) is 5.69 Å². The van der Waals surface area contributed by atoms with Crippen LogP contribution in [0.5, 0.6) is 0 Å². The number of benzene rings is 1. The lowest BCUT2D eigenvalue weighted by atomic mass is 10.3. The van der Waals surface area contributed by atoms with E-state index in [1.54, 1.807) is 6.33 Å². The first kappa shape index (κ1) is 13.5. The van der Waals surface area contributed by atoms with Crippen LogP contribution < -0.4 is 0 Å². The average molecular weight is 290 g/mol. The van der Waals surface area contributed by atoms with Gasteiger partial charge in [0, 0.05) is 18.8 Å². The summed E-state index contributed by atoms with van der Waals surface area (Å²) in [5, 5.41) is 4.40. The number of ether oxygens (including phenoxy) is 1. The molecule has 1 aromatic carbocycles. The fourth-order valence-electron chi connectivity index (χ4n) is 2.41. The van der Waals surface area contributed by atoms with Crippen LogP contribution in [0.4, 0.5) is 0 Å². The third-order valence-corrected chi connectivity index (χ3v) is 3.83. The Kier molecular flexibility index (Phi) is 3.95. The van der Waals surface area contributed by atoms with E-state index in [1.807, 2.05) is 39.6 Å². The second kappa shape index (κ2) is 5.87. The maximum Gasteiger partial charge on any atom is 0.203 e. The molecule has 6 heteroatoms. The molecule has 0 aliphatic carbocycles. The van der Waals surface area contributed by atoms with Gasteiger partial charge in [0.1, 0.15) is 6.33 Å². The fraction of sp³-hybridized carbons (Fsp3) is 0.429. The second-order valence-electron chi connectivity index (χ2n) is 5.02. The zero-order chi connectivity index (χ0) is 13.9. The lowest BCUT2D eigenvalue weighted by Gasteiger charge is -2.30. The third-order valence-electron chi connectivity index (χ3n) is 3.43. The van der Waals surface area contributed by atoms with Crippen molar-refractivity contribution in [2.45, 2.75) is 19.7 Å². The topological polar surface area (TPSA) is 35.2 Å². The van der Waals surface area contributed by atoms with Gasteiger partial charge in [-0.25, -0.2) is 4.68 Å². The number of hydrogen-bond donors (Lipinski definition) is 0. The van der Waals surface area contributed by atoms with Gasteiger partial charge in [0.15, 0.2) is 0 Å². The summed E-state index contributed by atoms with van der Waals surface area (Å²) >= 11 is 5.51. The van der Waals surface area contributed by atoms with E-state index in [9.17, 15) is 0 Å². The van der Waals surface area contributed by atoms with Gasteiger partial charge in [0.2, 0.25) is 4.77 Å². The van der Waals surface area contributed by atoms with Gasteiger partial charge < -0.3 is 4.74 Å². The zero-order valence-corrected chi connectivity index (χ0v) is 12.3. The van der Waals surface area contributed by atoms with E-state index < -0.39 is 0 Å². The minimum absolute atomic E-state index is 0.272. The maximum atomic E-state index is 5.55. The van der Waals surface area contributed by atoms with Gasteiger partial charge in [0.25, 0.3) is 0 Å². The Morgan fingerprint density at radius 1 is 1.35 bits per heavy atom. The van der Waals surface area contributed by atoms with E-state index in [0.29, 0.717) is 6.67 Å². The van der Waals surface area contributed by atoms with Gasteiger partial charge in [0.05, 0.1) is 19.4 Å². The lowest BCUT2D eigenvalue weighted by molar-refractivity contribution is -0.0307. The summed E-state index contributed by atoms with van der Waals surface area (Å²) in [6, 6.07) is 10.0. The molecule has 0 amide bonds. The van der Waals surface area contributed by atoms with E-state index in [-0.39, 0.29) is 6.10 Å². The molecule has 1 aromatic heterocycles. The number of para-hydroxylation sites is 1. The summed E-state index contributed by atoms with van der Waals surface area (Å²) in [5.74, 6) is 0. The Morgan fingerprint density at radius 3 is 2.90 bits per heavy atom. The van der Waals surface area contributed by atoms with E-state index in [1.165, 1.54) is 0 Å². The molecule has 1 aliphatic heterocycles. The predicted octanol–water partition coefficient (Wildman–Crippen LogP) is 2.08. The second-order valence-corrected chi connectivity index (χ2v) is 5.38. The first-order valence-corrected chi connectivity index (χ1v) is 7.19. The third kappa shape index (κ3) is 2.82. The quantitative estimate of drug-likeness (QED) is 0.811. The van der Waals surface area contributed by atoms with Gasteiger partial charge in [-0.2, -0.15) is 5.10 Å². The average Bonchev–Trinajstić information content (AvgIpc) is 2.81. The van der Waals surface area contributed by atoms with Gasteiger partial charge in [-0.3, -0.25) is 9.47 Å². The Labute approximate surface area is 123 Å². The SMILES string of the molecule is C[C@@H]1CN(Cn2ncn(-c3ccccc3)c2=S)CCO1. The van der Waals surface area contributed by atoms with E-state index in [0.717, 1.165) is 30.2 Å². The summed E-state index contributed by atoms with van der Waals surface area (Å²) in [6.07, 6.45) is 2.05. The monoisotopic (exact) mass is 290 g/mol. The predicted molar refractivity (Wildman–Crippen MR) is 79.4 cm³/mol. The molecular formula is C14H18N4OS. The number of nitrogens with zero attached hydrogens (tertiary/aromatic N) is 4. The van der Waals surface area contributed by atoms with Crippen molar-refractivity contribution in [2.75, 3.05) is 19.7 Å². The molecule has 1 aliphatic rings. The van der Waals surface area contributed by atoms with Gasteiger partial charge in [-0.05, 0) is 31.3 Å². The Morgan fingerprint density at radius 2 is 2.15 bits per heavy atom. The zero-order valence-electron chi connectivity index (χ0n) is 11.5. The van der Waals surface area contributed by atoms with Crippen LogP contribution in [0.25, 0.3) is 5.69 Å². The smallest absolute Gasteiger partial charge is 0.203 e. The number of hydrogen-bond acceptors (Lipinski definition) is 4. The molecule has 1 atom stereocenters. The van der Waals surface area contributed by atoms with Crippen molar-refractivity contribution < 1.29 is 4.74 Å². The molecule has 0 bridgehead atoms. The molecule has 0 saturated carbocycles. The number of rotatable bonds is 3. The van der Waals surface area contributed by atoms with E-state index in [2.05, 4.69) is 16.9 Å². The Hall–Kier alpha value is -1.50. The largest absolute Gasteiger partial charge is 0.376 e. The number of morpholine rings is 1. The van der Waals surface area contributed by atoms with Crippen molar-refractivity contribution in [3.05, 3.63) is 41.4 Å². The highest BCUT2D eigenvalue weighted by Crippen LogP contribution is 2.10. The normalized spacial score (nSPS) is 20.1. The Balaban J connectivity index is 1.79. The summed E-state index contributed by atoms with van der Waals surface area (Å²) in [5.41, 5.74) is 1.04. The number of aromatic nitrogens is 3.